The van der Waals surface area contributed by atoms with Gasteiger partial charge in [-0.2, -0.15) is 20.3 Å². The van der Waals surface area contributed by atoms with Gasteiger partial charge in [0.1, 0.15) is 6.61 Å². The Hall–Kier alpha value is -4.83. The number of aromatic nitrogens is 4. The second kappa shape index (κ2) is 13.4. The van der Waals surface area contributed by atoms with E-state index in [0.717, 1.165) is 47.0 Å². The molecule has 13 nitrogen and oxygen atoms in total. The van der Waals surface area contributed by atoms with Crippen LogP contribution in [0.3, 0.4) is 0 Å². The van der Waals surface area contributed by atoms with E-state index in [1.54, 1.807) is 17.3 Å². The lowest BCUT2D eigenvalue weighted by Crippen LogP contribution is -2.55. The molecule has 0 saturated carbocycles. The van der Waals surface area contributed by atoms with Crippen LogP contribution in [0.15, 0.2) is 42.8 Å². The molecule has 0 aliphatic carbocycles. The van der Waals surface area contributed by atoms with Gasteiger partial charge < -0.3 is 35.2 Å². The van der Waals surface area contributed by atoms with Crippen LogP contribution >= 0.6 is 0 Å². The third-order valence-corrected chi connectivity index (χ3v) is 9.04. The van der Waals surface area contributed by atoms with Crippen molar-refractivity contribution in [3.05, 3.63) is 53.9 Å². The minimum absolute atomic E-state index is 0.128. The van der Waals surface area contributed by atoms with Crippen LogP contribution in [0, 0.1) is 18.3 Å². The maximum absolute atomic E-state index is 12.6. The summed E-state index contributed by atoms with van der Waals surface area (Å²) in [7, 11) is 3.93. The maximum Gasteiger partial charge on any atom is 0.320 e. The van der Waals surface area contributed by atoms with E-state index in [9.17, 15) is 15.2 Å². The Morgan fingerprint density at radius 2 is 2.13 bits per heavy atom. The molecular formula is C32H42N10O3. The Bertz CT molecular complexity index is 1630. The minimum atomic E-state index is -0.410. The molecule has 4 N–H and O–H groups in total. The van der Waals surface area contributed by atoms with E-state index in [0.29, 0.717) is 26.2 Å². The zero-order chi connectivity index (χ0) is 32.2. The summed E-state index contributed by atoms with van der Waals surface area (Å²) in [6.07, 6.45) is 6.85. The lowest BCUT2D eigenvalue weighted by Gasteiger charge is -2.41. The average molecular weight is 615 g/mol. The molecule has 2 aliphatic heterocycles. The van der Waals surface area contributed by atoms with Crippen molar-refractivity contribution in [2.45, 2.75) is 51.2 Å². The topological polar surface area (TPSA) is 164 Å². The lowest BCUT2D eigenvalue weighted by atomic mass is 9.92. The highest BCUT2D eigenvalue weighted by molar-refractivity contribution is 5.87. The number of H-pyrrole nitrogens is 1. The second-order valence-electron chi connectivity index (χ2n) is 11.8. The molecule has 1 aromatic carbocycles. The van der Waals surface area contributed by atoms with E-state index in [4.69, 9.17) is 20.4 Å². The number of nitrogens with one attached hydrogen (secondary N) is 1. The molecule has 2 aromatic heterocycles. The molecule has 2 fully saturated rings. The van der Waals surface area contributed by atoms with E-state index in [1.807, 2.05) is 42.8 Å². The summed E-state index contributed by atoms with van der Waals surface area (Å²) in [6.45, 7) is 10.0. The summed E-state index contributed by atoms with van der Waals surface area (Å²) < 4.78 is 6.23. The van der Waals surface area contributed by atoms with E-state index in [-0.39, 0.29) is 41.8 Å². The predicted molar refractivity (Wildman–Crippen MR) is 173 cm³/mol. The van der Waals surface area contributed by atoms with Crippen LogP contribution in [-0.4, -0.2) is 99.9 Å². The summed E-state index contributed by atoms with van der Waals surface area (Å²) in [4.78, 5) is 29.7. The molecule has 1 amide bonds. The molecular weight excluding hydrogens is 572 g/mol. The first-order valence-corrected chi connectivity index (χ1v) is 15.2. The first kappa shape index (κ1) is 31.6. The monoisotopic (exact) mass is 614 g/mol. The number of carbonyl (C=O) groups excluding carboxylic acids is 1. The van der Waals surface area contributed by atoms with Crippen molar-refractivity contribution in [3.8, 4) is 17.8 Å². The number of nitriles is 1. The summed E-state index contributed by atoms with van der Waals surface area (Å²) in [5.41, 5.74) is 9.85. The maximum atomic E-state index is 12.6. The quantitative estimate of drug-likeness (QED) is 0.288. The van der Waals surface area contributed by atoms with Crippen molar-refractivity contribution in [2.75, 3.05) is 56.7 Å². The predicted octanol–water partition coefficient (Wildman–Crippen LogP) is 3.00. The first-order chi connectivity index (χ1) is 21.7. The summed E-state index contributed by atoms with van der Waals surface area (Å²) >= 11 is 0. The van der Waals surface area contributed by atoms with Gasteiger partial charge in [-0.25, -0.2) is 0 Å². The number of nitrogens with two attached hydrogens (primary N) is 1. The van der Waals surface area contributed by atoms with Crippen LogP contribution in [0.2, 0.25) is 0 Å². The number of ether oxygens (including phenoxy) is 1. The first-order valence-electron chi connectivity index (χ1n) is 15.2. The van der Waals surface area contributed by atoms with E-state index in [1.165, 1.54) is 6.08 Å². The Labute approximate surface area is 263 Å². The van der Waals surface area contributed by atoms with E-state index in [2.05, 4.69) is 34.8 Å². The zero-order valence-electron chi connectivity index (χ0n) is 26.4. The molecule has 0 bridgehead atoms. The van der Waals surface area contributed by atoms with E-state index >= 15 is 0 Å². The fourth-order valence-electron chi connectivity index (χ4n) is 6.49. The van der Waals surface area contributed by atoms with Crippen molar-refractivity contribution < 1.29 is 14.6 Å². The van der Waals surface area contributed by atoms with Gasteiger partial charge in [0.05, 0.1) is 36.3 Å². The highest BCUT2D eigenvalue weighted by atomic mass is 16.5. The van der Waals surface area contributed by atoms with Gasteiger partial charge in [-0.1, -0.05) is 12.6 Å². The van der Waals surface area contributed by atoms with Crippen LogP contribution in [0.5, 0.6) is 11.8 Å². The molecule has 3 aromatic rings. The lowest BCUT2D eigenvalue weighted by molar-refractivity contribution is -0.128. The van der Waals surface area contributed by atoms with Gasteiger partial charge >= 0.3 is 6.01 Å². The largest absolute Gasteiger partial charge is 0.502 e. The van der Waals surface area contributed by atoms with Gasteiger partial charge in [-0.15, -0.1) is 0 Å². The number of piperazine rings is 1. The third-order valence-electron chi connectivity index (χ3n) is 9.04. The molecule has 5 rings (SSSR count). The van der Waals surface area contributed by atoms with Gasteiger partial charge in [-0.3, -0.25) is 9.89 Å². The van der Waals surface area contributed by atoms with Gasteiger partial charge in [0.15, 0.2) is 11.6 Å². The molecule has 2 saturated heterocycles. The molecule has 13 heteroatoms. The van der Waals surface area contributed by atoms with Crippen molar-refractivity contribution >= 4 is 28.4 Å². The fraction of sp³-hybridized carbons (Fsp3) is 0.469. The van der Waals surface area contributed by atoms with E-state index < -0.39 is 12.1 Å². The summed E-state index contributed by atoms with van der Waals surface area (Å²) in [5.74, 6) is 0.181. The smallest absolute Gasteiger partial charge is 0.320 e. The molecule has 0 spiro atoms. The highest BCUT2D eigenvalue weighted by Gasteiger charge is 2.34. The molecule has 4 heterocycles. The SMILES string of the molecule is C=CC(=O)N1CCN(c2nc(OC[C@@H]3CCCN3C)nc(N(C)C(/C(C)=C\N)c3c(C)ccc4[nH]ncc34)c2O)C[C@@H]1CC#N. The van der Waals surface area contributed by atoms with Crippen LogP contribution in [0.25, 0.3) is 10.9 Å². The van der Waals surface area contributed by atoms with Crippen molar-refractivity contribution in [3.63, 3.8) is 0 Å². The third kappa shape index (κ3) is 6.23. The minimum Gasteiger partial charge on any atom is -0.502 e. The van der Waals surface area contributed by atoms with Gasteiger partial charge in [0.25, 0.3) is 0 Å². The van der Waals surface area contributed by atoms with Gasteiger partial charge in [-0.05, 0) is 75.3 Å². The Balaban J connectivity index is 1.59. The number of amides is 1. The normalized spacial score (nSPS) is 19.8. The molecule has 1 unspecified atom stereocenters. The summed E-state index contributed by atoms with van der Waals surface area (Å²) in [5, 5.41) is 29.7. The molecule has 45 heavy (non-hydrogen) atoms. The van der Waals surface area contributed by atoms with Crippen molar-refractivity contribution in [1.82, 2.24) is 30.0 Å². The number of benzene rings is 1. The number of aromatic hydroxyl groups is 1. The zero-order valence-corrected chi connectivity index (χ0v) is 26.4. The van der Waals surface area contributed by atoms with Crippen molar-refractivity contribution in [2.24, 2.45) is 5.73 Å². The number of carbonyl (C=O) groups is 1. The number of rotatable bonds is 10. The highest BCUT2D eigenvalue weighted by Crippen LogP contribution is 2.43. The number of anilines is 2. The fourth-order valence-corrected chi connectivity index (χ4v) is 6.49. The number of likely N-dealkylation sites (N-methyl/N-ethyl adjacent to an activating group) is 2. The molecule has 2 aliphatic rings. The number of aromatic amines is 1. The number of likely N-dealkylation sites (tertiary alicyclic amines) is 1. The number of fused-ring (bicyclic) bond motifs is 1. The molecule has 0 radical (unpaired) electrons. The number of nitrogens with zero attached hydrogens (tertiary/aromatic N) is 8. The number of hydrogen-bond acceptors (Lipinski definition) is 11. The van der Waals surface area contributed by atoms with Crippen molar-refractivity contribution in [1.29, 1.82) is 5.26 Å². The van der Waals surface area contributed by atoms with Crippen LogP contribution in [0.4, 0.5) is 11.6 Å². The molecule has 3 atom stereocenters. The average Bonchev–Trinajstić information content (AvgIpc) is 3.69. The van der Waals surface area contributed by atoms with Crippen LogP contribution < -0.4 is 20.3 Å². The van der Waals surface area contributed by atoms with Crippen LogP contribution in [-0.2, 0) is 4.79 Å². The van der Waals surface area contributed by atoms with Gasteiger partial charge in [0, 0.05) is 38.1 Å². The second-order valence-corrected chi connectivity index (χ2v) is 11.8. The Morgan fingerprint density at radius 3 is 2.82 bits per heavy atom. The van der Waals surface area contributed by atoms with Crippen LogP contribution in [0.1, 0.15) is 43.4 Å². The summed E-state index contributed by atoms with van der Waals surface area (Å²) in [6, 6.07) is 5.75. The molecule has 238 valence electrons. The Morgan fingerprint density at radius 1 is 1.33 bits per heavy atom. The number of hydrogen-bond donors (Lipinski definition) is 3. The van der Waals surface area contributed by atoms with Gasteiger partial charge in [0.2, 0.25) is 11.7 Å². The Kier molecular flexibility index (Phi) is 9.43. The number of aryl methyl sites for hydroxylation is 1. The standard InChI is InChI=1S/C32H42N10O3/c1-6-26(43)42-15-14-41(18-22(42)11-12-33)31-29(44)30(36-32(37-31)45-19-23-8-7-13-39(23)4)40(5)28(21(3)16-34)27-20(2)9-10-25-24(27)17-35-38-25/h6,9-10,16-17,22-23,28,44H,1,7-8,11,13-15,18-19,34H2,2-5H3,(H,35,38)/b21-16-/t22-,23-,28?/m0/s1.